The molecule has 0 aromatic carbocycles. The summed E-state index contributed by atoms with van der Waals surface area (Å²) in [5.41, 5.74) is 0. The molecule has 1 N–H and O–H groups in total. The number of aromatic nitrogens is 2. The summed E-state index contributed by atoms with van der Waals surface area (Å²) in [6.07, 6.45) is 5.35. The van der Waals surface area contributed by atoms with Crippen molar-refractivity contribution in [3.63, 3.8) is 0 Å². The normalized spacial score (nSPS) is 19.6. The van der Waals surface area contributed by atoms with Gasteiger partial charge in [0.1, 0.15) is 6.20 Å². The van der Waals surface area contributed by atoms with Gasteiger partial charge in [-0.25, -0.2) is 0 Å². The van der Waals surface area contributed by atoms with Crippen LogP contribution in [0.4, 0.5) is 11.6 Å². The Labute approximate surface area is 119 Å². The van der Waals surface area contributed by atoms with Crippen molar-refractivity contribution >= 4 is 27.9 Å². The molecule has 1 fully saturated rings. The summed E-state index contributed by atoms with van der Waals surface area (Å²) in [5, 5.41) is 22.3. The van der Waals surface area contributed by atoms with Crippen molar-refractivity contribution < 1.29 is 10.0 Å². The molecule has 0 saturated carbocycles. The maximum Gasteiger partial charge on any atom is 0.373 e. The molecule has 1 aliphatic rings. The summed E-state index contributed by atoms with van der Waals surface area (Å²) in [6, 6.07) is 0.136. The van der Waals surface area contributed by atoms with Gasteiger partial charge in [0.15, 0.2) is 0 Å². The van der Waals surface area contributed by atoms with Crippen LogP contribution in [0.15, 0.2) is 11.6 Å². The maximum atomic E-state index is 11.4. The van der Waals surface area contributed by atoms with Crippen LogP contribution in [-0.2, 0) is 0 Å². The van der Waals surface area contributed by atoms with Crippen molar-refractivity contribution in [2.45, 2.75) is 31.7 Å². The van der Waals surface area contributed by atoms with Gasteiger partial charge in [-0.2, -0.15) is 9.38 Å². The molecule has 108 valence electrons. The van der Waals surface area contributed by atoms with Crippen molar-refractivity contribution in [1.29, 1.82) is 0 Å². The predicted octanol–water partition coefficient (Wildman–Crippen LogP) is 2.05. The van der Waals surface area contributed by atoms with Gasteiger partial charge >= 0.3 is 5.82 Å². The van der Waals surface area contributed by atoms with Crippen molar-refractivity contribution in [1.82, 2.24) is 9.38 Å². The molecule has 0 radical (unpaired) electrons. The van der Waals surface area contributed by atoms with Crippen LogP contribution in [0.1, 0.15) is 25.7 Å². The van der Waals surface area contributed by atoms with Crippen LogP contribution in [0.2, 0.25) is 0 Å². The van der Waals surface area contributed by atoms with Crippen LogP contribution in [0, 0.1) is 10.1 Å². The lowest BCUT2D eigenvalue weighted by atomic mass is 10.00. The highest BCUT2D eigenvalue weighted by Crippen LogP contribution is 2.35. The number of imidazole rings is 1. The Morgan fingerprint density at radius 3 is 3.15 bits per heavy atom. The van der Waals surface area contributed by atoms with E-state index >= 15 is 0 Å². The second kappa shape index (κ2) is 5.37. The topological polar surface area (TPSA) is 83.9 Å². The van der Waals surface area contributed by atoms with Crippen LogP contribution < -0.4 is 4.90 Å². The van der Waals surface area contributed by atoms with E-state index in [0.29, 0.717) is 17.2 Å². The van der Waals surface area contributed by atoms with Crippen LogP contribution >= 0.6 is 11.3 Å². The molecule has 1 atom stereocenters. The SMILES string of the molecule is O=[N+]([O-])c1c(N2CCCCC2CCO)nc2sccn12. The molecule has 0 spiro atoms. The molecule has 0 bridgehead atoms. The first kappa shape index (κ1) is 13.3. The van der Waals surface area contributed by atoms with Gasteiger partial charge in [0, 0.05) is 24.6 Å². The molecule has 2 aromatic rings. The smallest absolute Gasteiger partial charge is 0.373 e. The number of rotatable bonds is 4. The summed E-state index contributed by atoms with van der Waals surface area (Å²) >= 11 is 1.39. The van der Waals surface area contributed by atoms with Crippen LogP contribution in [0.3, 0.4) is 0 Å². The fourth-order valence-corrected chi connectivity index (χ4v) is 3.56. The monoisotopic (exact) mass is 296 g/mol. The van der Waals surface area contributed by atoms with Gasteiger partial charge in [0.05, 0.1) is 0 Å². The van der Waals surface area contributed by atoms with Gasteiger partial charge in [-0.05, 0) is 30.6 Å². The largest absolute Gasteiger partial charge is 0.396 e. The van der Waals surface area contributed by atoms with Gasteiger partial charge in [0.2, 0.25) is 5.82 Å². The average Bonchev–Trinajstić information content (AvgIpc) is 2.99. The molecule has 3 heterocycles. The van der Waals surface area contributed by atoms with Gasteiger partial charge < -0.3 is 20.1 Å². The first-order valence-electron chi connectivity index (χ1n) is 6.70. The Morgan fingerprint density at radius 1 is 1.55 bits per heavy atom. The second-order valence-electron chi connectivity index (χ2n) is 4.93. The number of fused-ring (bicyclic) bond motifs is 1. The highest BCUT2D eigenvalue weighted by molar-refractivity contribution is 7.15. The van der Waals surface area contributed by atoms with Gasteiger partial charge in [-0.1, -0.05) is 11.3 Å². The molecule has 0 aliphatic carbocycles. The van der Waals surface area contributed by atoms with E-state index in [1.54, 1.807) is 11.6 Å². The minimum absolute atomic E-state index is 0.0334. The van der Waals surface area contributed by atoms with E-state index in [1.807, 2.05) is 4.90 Å². The lowest BCUT2D eigenvalue weighted by molar-refractivity contribution is -0.389. The summed E-state index contributed by atoms with van der Waals surface area (Å²) in [7, 11) is 0. The first-order valence-corrected chi connectivity index (χ1v) is 7.57. The van der Waals surface area contributed by atoms with E-state index < -0.39 is 0 Å². The van der Waals surface area contributed by atoms with Crippen LogP contribution in [-0.4, -0.2) is 38.6 Å². The Balaban J connectivity index is 2.05. The van der Waals surface area contributed by atoms with Gasteiger partial charge in [0.25, 0.3) is 4.96 Å². The Hall–Kier alpha value is -1.67. The number of nitrogens with zero attached hydrogens (tertiary/aromatic N) is 4. The lowest BCUT2D eigenvalue weighted by Crippen LogP contribution is -2.40. The number of aliphatic hydroxyl groups is 1. The first-order chi connectivity index (χ1) is 9.72. The molecular weight excluding hydrogens is 280 g/mol. The van der Waals surface area contributed by atoms with E-state index in [0.717, 1.165) is 25.8 Å². The number of aliphatic hydroxyl groups excluding tert-OH is 1. The molecular formula is C12H16N4O3S. The molecule has 1 unspecified atom stereocenters. The molecule has 20 heavy (non-hydrogen) atoms. The zero-order valence-electron chi connectivity index (χ0n) is 10.9. The van der Waals surface area contributed by atoms with Crippen LogP contribution in [0.25, 0.3) is 4.96 Å². The quantitative estimate of drug-likeness (QED) is 0.689. The number of piperidine rings is 1. The number of hydrogen-bond acceptors (Lipinski definition) is 6. The Bertz CT molecular complexity index is 621. The van der Waals surface area contributed by atoms with Crippen LogP contribution in [0.5, 0.6) is 0 Å². The van der Waals surface area contributed by atoms with E-state index in [2.05, 4.69) is 4.98 Å². The highest BCUT2D eigenvalue weighted by atomic mass is 32.1. The molecule has 3 rings (SSSR count). The van der Waals surface area contributed by atoms with E-state index in [9.17, 15) is 15.2 Å². The fraction of sp³-hybridized carbons (Fsp3) is 0.583. The highest BCUT2D eigenvalue weighted by Gasteiger charge is 2.32. The van der Waals surface area contributed by atoms with E-state index in [-0.39, 0.29) is 23.4 Å². The van der Waals surface area contributed by atoms with Crippen molar-refractivity contribution in [3.05, 3.63) is 21.7 Å². The van der Waals surface area contributed by atoms with Crippen molar-refractivity contribution in [3.8, 4) is 0 Å². The summed E-state index contributed by atoms with van der Waals surface area (Å²) < 4.78 is 1.53. The number of nitro groups is 1. The minimum Gasteiger partial charge on any atom is -0.396 e. The van der Waals surface area contributed by atoms with E-state index in [1.165, 1.54) is 15.7 Å². The van der Waals surface area contributed by atoms with Crippen molar-refractivity contribution in [2.24, 2.45) is 0 Å². The second-order valence-corrected chi connectivity index (χ2v) is 5.80. The standard InChI is InChI=1S/C12H16N4O3S/c17-7-4-9-3-1-2-5-14(9)10-11(16(18)19)15-6-8-20-12(15)13-10/h6,8-9,17H,1-5,7H2. The molecule has 8 heteroatoms. The third kappa shape index (κ3) is 2.14. The number of hydrogen-bond donors (Lipinski definition) is 1. The summed E-state index contributed by atoms with van der Waals surface area (Å²) in [6.45, 7) is 0.855. The zero-order chi connectivity index (χ0) is 14.1. The number of anilines is 1. The summed E-state index contributed by atoms with van der Waals surface area (Å²) in [5.74, 6) is 0.478. The average molecular weight is 296 g/mol. The van der Waals surface area contributed by atoms with Gasteiger partial charge in [-0.3, -0.25) is 0 Å². The summed E-state index contributed by atoms with van der Waals surface area (Å²) in [4.78, 5) is 18.1. The molecule has 7 nitrogen and oxygen atoms in total. The number of thiazole rings is 1. The molecule has 1 saturated heterocycles. The lowest BCUT2D eigenvalue weighted by Gasteiger charge is -2.35. The minimum atomic E-state index is -0.368. The van der Waals surface area contributed by atoms with Gasteiger partial charge in [-0.15, -0.1) is 0 Å². The molecule has 0 amide bonds. The Morgan fingerprint density at radius 2 is 2.40 bits per heavy atom. The molecule has 1 aliphatic heterocycles. The molecule has 2 aromatic heterocycles. The third-order valence-corrected chi connectivity index (χ3v) is 4.51. The van der Waals surface area contributed by atoms with E-state index in [4.69, 9.17) is 0 Å². The maximum absolute atomic E-state index is 11.4. The zero-order valence-corrected chi connectivity index (χ0v) is 11.8. The van der Waals surface area contributed by atoms with Crippen molar-refractivity contribution in [2.75, 3.05) is 18.1 Å². The third-order valence-electron chi connectivity index (χ3n) is 3.75. The fourth-order valence-electron chi connectivity index (χ4n) is 2.85. The Kier molecular flexibility index (Phi) is 3.58. The predicted molar refractivity (Wildman–Crippen MR) is 76.4 cm³/mol.